The number of piperidine rings is 1. The van der Waals surface area contributed by atoms with Gasteiger partial charge >= 0.3 is 0 Å². The molecule has 2 saturated heterocycles. The van der Waals surface area contributed by atoms with Crippen molar-refractivity contribution in [2.45, 2.75) is 111 Å². The summed E-state index contributed by atoms with van der Waals surface area (Å²) in [5.74, 6) is 0.217. The lowest BCUT2D eigenvalue weighted by Crippen LogP contribution is -2.58. The second-order valence-corrected chi connectivity index (χ2v) is 22.7. The zero-order valence-corrected chi connectivity index (χ0v) is 39.7. The lowest BCUT2D eigenvalue weighted by molar-refractivity contribution is -0.388. The molecule has 3 aromatic carbocycles. The van der Waals surface area contributed by atoms with Crippen LogP contribution in [-0.2, 0) is 14.8 Å². The third kappa shape index (κ3) is 9.24. The maximum absolute atomic E-state index is 14.1. The highest BCUT2D eigenvalue weighted by atomic mass is 32.2. The Balaban J connectivity index is 0.856. The SMILES string of the molecule is CC(C)c1ccccc1[C@@H]1COCCN1C1CC2(CCN(c3ccc(C(=O)NS(=O)(=O)c4cc5c(c([N+](=O)[O-])c4)S[C@@H](C4CCC(C)(O)CC4)CO5)c(Oc4cnc5[nH]ccc5c4)c3)CC2)C1. The zero-order chi connectivity index (χ0) is 46.7. The van der Waals surface area contributed by atoms with E-state index in [0.29, 0.717) is 42.8 Å². The van der Waals surface area contributed by atoms with Gasteiger partial charge in [-0.1, -0.05) is 38.1 Å². The van der Waals surface area contributed by atoms with Crippen molar-refractivity contribution in [1.29, 1.82) is 0 Å². The van der Waals surface area contributed by atoms with E-state index in [0.717, 1.165) is 81.9 Å². The van der Waals surface area contributed by atoms with Crippen LogP contribution in [0.3, 0.4) is 0 Å². The molecule has 0 bridgehead atoms. The molecule has 67 heavy (non-hydrogen) atoms. The minimum absolute atomic E-state index is 0.0375. The molecule has 1 amide bonds. The lowest BCUT2D eigenvalue weighted by Gasteiger charge is -2.57. The Bertz CT molecular complexity index is 2790. The molecule has 5 heterocycles. The zero-order valence-electron chi connectivity index (χ0n) is 38.1. The molecule has 2 saturated carbocycles. The summed E-state index contributed by atoms with van der Waals surface area (Å²) in [4.78, 5) is 38.2. The molecule has 3 N–H and O–H groups in total. The Hall–Kier alpha value is -5.20. The molecule has 5 aromatic rings. The first-order chi connectivity index (χ1) is 32.1. The van der Waals surface area contributed by atoms with E-state index in [4.69, 9.17) is 14.2 Å². The fourth-order valence-electron chi connectivity index (χ4n) is 11.1. The molecule has 2 aromatic heterocycles. The van der Waals surface area contributed by atoms with Gasteiger partial charge in [0, 0.05) is 66.4 Å². The molecule has 5 aliphatic rings. The van der Waals surface area contributed by atoms with Crippen LogP contribution >= 0.6 is 11.8 Å². The topological polar surface area (TPSA) is 189 Å². The summed E-state index contributed by atoms with van der Waals surface area (Å²) >= 11 is 1.31. The largest absolute Gasteiger partial charge is 0.491 e. The number of nitro benzene ring substituents is 1. The number of H-pyrrole nitrogens is 1. The smallest absolute Gasteiger partial charge is 0.288 e. The number of sulfonamides is 1. The fourth-order valence-corrected chi connectivity index (χ4v) is 13.5. The number of hydrogen-bond acceptors (Lipinski definition) is 13. The van der Waals surface area contributed by atoms with E-state index >= 15 is 0 Å². The number of morpholine rings is 1. The monoisotopic (exact) mass is 950 g/mol. The Morgan fingerprint density at radius 3 is 2.57 bits per heavy atom. The molecule has 2 aliphatic carbocycles. The van der Waals surface area contributed by atoms with Crippen LogP contribution in [0, 0.1) is 21.4 Å². The van der Waals surface area contributed by atoms with Crippen molar-refractivity contribution in [3.8, 4) is 17.2 Å². The number of fused-ring (bicyclic) bond motifs is 2. The van der Waals surface area contributed by atoms with Crippen molar-refractivity contribution in [2.75, 3.05) is 44.4 Å². The van der Waals surface area contributed by atoms with Crippen LogP contribution in [0.1, 0.15) is 106 Å². The van der Waals surface area contributed by atoms with Gasteiger partial charge < -0.3 is 29.2 Å². The maximum Gasteiger partial charge on any atom is 0.288 e. The van der Waals surface area contributed by atoms with Crippen LogP contribution in [0.5, 0.6) is 17.2 Å². The minimum Gasteiger partial charge on any atom is -0.491 e. The normalized spacial score (nSPS) is 24.5. The molecule has 0 unspecified atom stereocenters. The van der Waals surface area contributed by atoms with Crippen LogP contribution in [0.4, 0.5) is 11.4 Å². The Morgan fingerprint density at radius 2 is 1.81 bits per heavy atom. The van der Waals surface area contributed by atoms with Crippen molar-refractivity contribution >= 4 is 50.1 Å². The van der Waals surface area contributed by atoms with E-state index in [1.165, 1.54) is 35.2 Å². The minimum atomic E-state index is -4.65. The summed E-state index contributed by atoms with van der Waals surface area (Å²) in [5, 5.41) is 23.6. The summed E-state index contributed by atoms with van der Waals surface area (Å²) < 4.78 is 48.6. The molecular weight excluding hydrogens is 893 g/mol. The van der Waals surface area contributed by atoms with Crippen molar-refractivity contribution in [1.82, 2.24) is 19.6 Å². The number of nitrogens with zero attached hydrogens (tertiary/aromatic N) is 4. The van der Waals surface area contributed by atoms with Crippen LogP contribution in [-0.4, -0.2) is 95.6 Å². The number of carbonyl (C=O) groups excluding carboxylic acids is 1. The van der Waals surface area contributed by atoms with Crippen molar-refractivity contribution in [2.24, 2.45) is 11.3 Å². The molecule has 15 nitrogen and oxygen atoms in total. The predicted octanol–water partition coefficient (Wildman–Crippen LogP) is 9.12. The Kier molecular flexibility index (Phi) is 12.3. The molecule has 0 radical (unpaired) electrons. The second kappa shape index (κ2) is 18.0. The van der Waals surface area contributed by atoms with Gasteiger partial charge in [-0.3, -0.25) is 19.8 Å². The Morgan fingerprint density at radius 1 is 1.03 bits per heavy atom. The van der Waals surface area contributed by atoms with E-state index in [-0.39, 0.29) is 51.2 Å². The number of nitrogens with one attached hydrogen (secondary N) is 2. The number of aliphatic hydroxyl groups is 1. The maximum atomic E-state index is 14.1. The van der Waals surface area contributed by atoms with Crippen molar-refractivity contribution in [3.05, 3.63) is 106 Å². The molecule has 17 heteroatoms. The third-order valence-corrected chi connectivity index (χ3v) is 17.8. The average molecular weight is 951 g/mol. The molecular formula is C50H58N6O9S2. The predicted molar refractivity (Wildman–Crippen MR) is 256 cm³/mol. The number of amides is 1. The number of rotatable bonds is 11. The number of carbonyl (C=O) groups is 1. The first kappa shape index (κ1) is 45.6. The van der Waals surface area contributed by atoms with Crippen LogP contribution in [0.15, 0.2) is 88.9 Å². The number of aromatic nitrogens is 2. The fraction of sp³-hybridized carbons (Fsp3) is 0.480. The Labute approximate surface area is 395 Å². The summed E-state index contributed by atoms with van der Waals surface area (Å²) in [6, 6.07) is 20.5. The summed E-state index contributed by atoms with van der Waals surface area (Å²) in [7, 11) is -4.65. The highest BCUT2D eigenvalue weighted by molar-refractivity contribution is 8.00. The third-order valence-electron chi connectivity index (χ3n) is 15.0. The average Bonchev–Trinajstić information content (AvgIpc) is 3.78. The standard InChI is InChI=1S/C50H58N6O9S2/c1-31(2)38-6-4-5-7-39(38)42-29-63-21-20-55(42)35-26-50(27-35)15-18-54(19-16-50)34-8-9-40(43(23-34)65-36-22-33-12-17-51-47(33)52-28-36)48(57)53-67(61,62)37-24-41(56(59)60)46-44(25-37)64-30-45(66-46)32-10-13-49(3,58)14-11-32/h4-9,12,17,22-25,28,31-32,35,42,45,58H,10-11,13-16,18-21,26-27,29-30H2,1-3H3,(H,51,52)(H,53,57)/t32?,42-,45+,49?/m0/s1. The van der Waals surface area contributed by atoms with Gasteiger partial charge in [0.25, 0.3) is 21.6 Å². The van der Waals surface area contributed by atoms with Gasteiger partial charge in [-0.15, -0.1) is 11.8 Å². The van der Waals surface area contributed by atoms with Gasteiger partial charge in [-0.25, -0.2) is 18.1 Å². The number of hydrogen-bond donors (Lipinski definition) is 3. The summed E-state index contributed by atoms with van der Waals surface area (Å²) in [6.07, 6.45) is 10.4. The van der Waals surface area contributed by atoms with Gasteiger partial charge in [-0.05, 0) is 111 Å². The first-order valence-corrected chi connectivity index (χ1v) is 25.8. The number of nitro groups is 1. The van der Waals surface area contributed by atoms with Gasteiger partial charge in [0.15, 0.2) is 0 Å². The molecule has 354 valence electrons. The number of ether oxygens (including phenoxy) is 3. The summed E-state index contributed by atoms with van der Waals surface area (Å²) in [6.45, 7) is 10.6. The molecule has 1 spiro atoms. The van der Waals surface area contributed by atoms with Gasteiger partial charge in [0.2, 0.25) is 0 Å². The first-order valence-electron chi connectivity index (χ1n) is 23.5. The van der Waals surface area contributed by atoms with Crippen LogP contribution in [0.2, 0.25) is 0 Å². The molecule has 3 aliphatic heterocycles. The van der Waals surface area contributed by atoms with Crippen LogP contribution in [0.25, 0.3) is 11.0 Å². The van der Waals surface area contributed by atoms with Crippen LogP contribution < -0.4 is 19.1 Å². The van der Waals surface area contributed by atoms with Gasteiger partial charge in [-0.2, -0.15) is 0 Å². The number of benzene rings is 3. The van der Waals surface area contributed by atoms with E-state index < -0.39 is 37.0 Å². The summed E-state index contributed by atoms with van der Waals surface area (Å²) in [5.41, 5.74) is 3.33. The van der Waals surface area contributed by atoms with E-state index in [1.807, 2.05) is 19.1 Å². The molecule has 4 fully saturated rings. The number of aromatic amines is 1. The van der Waals surface area contributed by atoms with Crippen molar-refractivity contribution < 1.29 is 37.5 Å². The number of pyridine rings is 1. The van der Waals surface area contributed by atoms with Crippen molar-refractivity contribution in [3.63, 3.8) is 0 Å². The lowest BCUT2D eigenvalue weighted by atomic mass is 9.59. The number of thioether (sulfide) groups is 1. The molecule has 2 atom stereocenters. The van der Waals surface area contributed by atoms with E-state index in [2.05, 4.69) is 62.6 Å². The molecule has 10 rings (SSSR count). The highest BCUT2D eigenvalue weighted by Crippen LogP contribution is 2.54. The second-order valence-electron chi connectivity index (χ2n) is 19.8. The van der Waals surface area contributed by atoms with E-state index in [1.54, 1.807) is 24.4 Å². The quantitative estimate of drug-likeness (QED) is 0.0841. The number of anilines is 1. The van der Waals surface area contributed by atoms with Gasteiger partial charge in [0.1, 0.15) is 34.4 Å². The van der Waals surface area contributed by atoms with E-state index in [9.17, 15) is 28.4 Å². The van der Waals surface area contributed by atoms with Gasteiger partial charge in [0.05, 0.1) is 46.4 Å². The highest BCUT2D eigenvalue weighted by Gasteiger charge is 2.50.